The summed E-state index contributed by atoms with van der Waals surface area (Å²) in [5.41, 5.74) is 0.611. The molecule has 2 aliphatic heterocycles. The maximum Gasteiger partial charge on any atom is 0.332 e. The van der Waals surface area contributed by atoms with E-state index in [-0.39, 0.29) is 24.3 Å². The molecule has 4 unspecified atom stereocenters. The number of amides is 4. The first-order chi connectivity index (χ1) is 15.9. The summed E-state index contributed by atoms with van der Waals surface area (Å²) in [6, 6.07) is 9.16. The first-order valence-electron chi connectivity index (χ1n) is 11.0. The molecule has 172 valence electrons. The first kappa shape index (κ1) is 21.5. The van der Waals surface area contributed by atoms with Crippen LogP contribution in [0, 0.1) is 17.6 Å². The van der Waals surface area contributed by atoms with Crippen LogP contribution >= 0.6 is 0 Å². The normalized spacial score (nSPS) is 26.7. The lowest BCUT2D eigenvalue weighted by molar-refractivity contribution is -0.133. The van der Waals surface area contributed by atoms with E-state index in [0.717, 1.165) is 30.6 Å². The van der Waals surface area contributed by atoms with Crippen LogP contribution in [0.2, 0.25) is 0 Å². The van der Waals surface area contributed by atoms with E-state index in [1.165, 1.54) is 53.4 Å². The second-order valence-electron chi connectivity index (χ2n) is 8.65. The number of fused-ring (bicyclic) bond motifs is 3. The van der Waals surface area contributed by atoms with Gasteiger partial charge in [-0.25, -0.2) is 18.5 Å². The minimum atomic E-state index is -0.889. The van der Waals surface area contributed by atoms with Crippen molar-refractivity contribution >= 4 is 29.2 Å². The van der Waals surface area contributed by atoms with Gasteiger partial charge in [0.25, 0.3) is 5.91 Å². The smallest absolute Gasteiger partial charge is 0.332 e. The Bertz CT molecular complexity index is 1080. The number of rotatable bonds is 4. The SMILES string of the molecule is O=C(CN1C(=O)N(c2ccc(F)cc2)C(=O)C2OC3CCCCC3C21)Nc1ccc(F)cc1. The van der Waals surface area contributed by atoms with Crippen LogP contribution < -0.4 is 10.2 Å². The zero-order valence-electron chi connectivity index (χ0n) is 17.7. The van der Waals surface area contributed by atoms with E-state index in [0.29, 0.717) is 5.69 Å². The van der Waals surface area contributed by atoms with Crippen LogP contribution in [0.1, 0.15) is 25.7 Å². The molecule has 2 saturated heterocycles. The molecular weight excluding hydrogens is 432 g/mol. The summed E-state index contributed by atoms with van der Waals surface area (Å²) in [6.45, 7) is -0.297. The average Bonchev–Trinajstić information content (AvgIpc) is 3.19. The van der Waals surface area contributed by atoms with Crippen LogP contribution in [0.5, 0.6) is 0 Å². The molecule has 0 bridgehead atoms. The van der Waals surface area contributed by atoms with Crippen LogP contribution in [0.25, 0.3) is 0 Å². The quantitative estimate of drug-likeness (QED) is 0.763. The van der Waals surface area contributed by atoms with Crippen LogP contribution in [0.4, 0.5) is 25.0 Å². The Morgan fingerprint density at radius 3 is 2.30 bits per heavy atom. The molecule has 4 amide bonds. The molecule has 2 aromatic carbocycles. The molecule has 2 heterocycles. The van der Waals surface area contributed by atoms with Crippen LogP contribution in [-0.2, 0) is 14.3 Å². The van der Waals surface area contributed by atoms with Gasteiger partial charge >= 0.3 is 6.03 Å². The summed E-state index contributed by atoms with van der Waals surface area (Å²) in [5, 5.41) is 2.67. The molecule has 0 radical (unpaired) electrons. The zero-order chi connectivity index (χ0) is 23.1. The molecule has 2 aromatic rings. The summed E-state index contributed by atoms with van der Waals surface area (Å²) >= 11 is 0. The fourth-order valence-corrected chi connectivity index (χ4v) is 5.14. The maximum atomic E-state index is 13.5. The highest BCUT2D eigenvalue weighted by atomic mass is 19.1. The molecule has 3 aliphatic rings. The van der Waals surface area contributed by atoms with Gasteiger partial charge < -0.3 is 15.0 Å². The number of imide groups is 1. The van der Waals surface area contributed by atoms with Crippen LogP contribution in [0.15, 0.2) is 48.5 Å². The van der Waals surface area contributed by atoms with Crippen LogP contribution in [-0.4, -0.2) is 47.5 Å². The fraction of sp³-hybridized carbons (Fsp3) is 0.375. The number of nitrogens with one attached hydrogen (secondary N) is 1. The summed E-state index contributed by atoms with van der Waals surface area (Å²) in [6.07, 6.45) is 2.51. The highest BCUT2D eigenvalue weighted by molar-refractivity contribution is 6.18. The molecule has 4 atom stereocenters. The number of carbonyl (C=O) groups is 3. The second kappa shape index (κ2) is 8.55. The molecule has 1 aliphatic carbocycles. The van der Waals surface area contributed by atoms with Gasteiger partial charge in [-0.2, -0.15) is 0 Å². The molecule has 33 heavy (non-hydrogen) atoms. The minimum Gasteiger partial charge on any atom is -0.363 e. The number of halogens is 2. The second-order valence-corrected chi connectivity index (χ2v) is 8.65. The summed E-state index contributed by atoms with van der Waals surface area (Å²) in [4.78, 5) is 42.0. The minimum absolute atomic E-state index is 0.0364. The molecular formula is C24H23F2N3O4. The van der Waals surface area contributed by atoms with Crippen molar-refractivity contribution in [3.05, 3.63) is 60.2 Å². The lowest BCUT2D eigenvalue weighted by atomic mass is 9.81. The Hall–Kier alpha value is -3.33. The number of urea groups is 1. The van der Waals surface area contributed by atoms with Crippen molar-refractivity contribution < 1.29 is 27.9 Å². The van der Waals surface area contributed by atoms with Crippen molar-refractivity contribution in [2.75, 3.05) is 16.8 Å². The van der Waals surface area contributed by atoms with Crippen molar-refractivity contribution in [1.82, 2.24) is 4.90 Å². The van der Waals surface area contributed by atoms with Gasteiger partial charge in [-0.1, -0.05) is 12.8 Å². The number of anilines is 2. The third kappa shape index (κ3) is 3.97. The number of nitrogens with zero attached hydrogens (tertiary/aromatic N) is 2. The highest BCUT2D eigenvalue weighted by Crippen LogP contribution is 2.43. The number of carbonyl (C=O) groups excluding carboxylic acids is 3. The van der Waals surface area contributed by atoms with Gasteiger partial charge in [-0.15, -0.1) is 0 Å². The molecule has 3 fully saturated rings. The third-order valence-electron chi connectivity index (χ3n) is 6.61. The Balaban J connectivity index is 1.45. The number of hydrogen-bond acceptors (Lipinski definition) is 4. The van der Waals surface area contributed by atoms with Crippen LogP contribution in [0.3, 0.4) is 0 Å². The predicted octanol–water partition coefficient (Wildman–Crippen LogP) is 3.70. The van der Waals surface area contributed by atoms with Crippen molar-refractivity contribution in [2.45, 2.75) is 43.9 Å². The topological polar surface area (TPSA) is 79.0 Å². The lowest BCUT2D eigenvalue weighted by Crippen LogP contribution is -2.65. The van der Waals surface area contributed by atoms with Crippen molar-refractivity contribution in [1.29, 1.82) is 0 Å². The summed E-state index contributed by atoms with van der Waals surface area (Å²) in [5.74, 6) is -1.93. The highest BCUT2D eigenvalue weighted by Gasteiger charge is 2.58. The van der Waals surface area contributed by atoms with E-state index in [4.69, 9.17) is 4.74 Å². The lowest BCUT2D eigenvalue weighted by Gasteiger charge is -2.42. The van der Waals surface area contributed by atoms with Gasteiger partial charge in [0.1, 0.15) is 18.2 Å². The van der Waals surface area contributed by atoms with Gasteiger partial charge in [0.2, 0.25) is 5.91 Å². The van der Waals surface area contributed by atoms with Crippen molar-refractivity contribution in [2.24, 2.45) is 5.92 Å². The van der Waals surface area contributed by atoms with E-state index in [9.17, 15) is 23.2 Å². The van der Waals surface area contributed by atoms with E-state index in [2.05, 4.69) is 5.32 Å². The largest absolute Gasteiger partial charge is 0.363 e. The summed E-state index contributed by atoms with van der Waals surface area (Å²) < 4.78 is 32.7. The number of benzene rings is 2. The van der Waals surface area contributed by atoms with E-state index in [1.807, 2.05) is 0 Å². The van der Waals surface area contributed by atoms with E-state index >= 15 is 0 Å². The molecule has 7 nitrogen and oxygen atoms in total. The Morgan fingerprint density at radius 2 is 1.61 bits per heavy atom. The fourth-order valence-electron chi connectivity index (χ4n) is 5.14. The first-order valence-corrected chi connectivity index (χ1v) is 11.0. The maximum absolute atomic E-state index is 13.5. The van der Waals surface area contributed by atoms with E-state index in [1.54, 1.807) is 0 Å². The van der Waals surface area contributed by atoms with Crippen molar-refractivity contribution in [3.63, 3.8) is 0 Å². The van der Waals surface area contributed by atoms with Gasteiger partial charge in [0.05, 0.1) is 17.8 Å². The molecule has 9 heteroatoms. The third-order valence-corrected chi connectivity index (χ3v) is 6.61. The van der Waals surface area contributed by atoms with Gasteiger partial charge in [0.15, 0.2) is 6.10 Å². The molecule has 0 aromatic heterocycles. The zero-order valence-corrected chi connectivity index (χ0v) is 17.7. The van der Waals surface area contributed by atoms with E-state index < -0.39 is 41.6 Å². The Kier molecular flexibility index (Phi) is 5.57. The average molecular weight is 455 g/mol. The molecule has 1 saturated carbocycles. The van der Waals surface area contributed by atoms with Gasteiger partial charge in [0, 0.05) is 11.6 Å². The predicted molar refractivity (Wildman–Crippen MR) is 115 cm³/mol. The molecule has 1 N–H and O–H groups in total. The Morgan fingerprint density at radius 1 is 0.970 bits per heavy atom. The van der Waals surface area contributed by atoms with Gasteiger partial charge in [-0.3, -0.25) is 9.59 Å². The van der Waals surface area contributed by atoms with Crippen molar-refractivity contribution in [3.8, 4) is 0 Å². The molecule has 5 rings (SSSR count). The standard InChI is InChI=1S/C24H23F2N3O4/c25-14-5-9-16(10-6-14)27-20(30)13-28-21-18-3-1-2-4-19(18)33-22(21)23(31)29(24(28)32)17-11-7-15(26)8-12-17/h5-12,18-19,21-22H,1-4,13H2,(H,27,30). The number of hydrogen-bond donors (Lipinski definition) is 1. The van der Waals surface area contributed by atoms with Gasteiger partial charge in [-0.05, 0) is 61.4 Å². The molecule has 0 spiro atoms. The summed E-state index contributed by atoms with van der Waals surface area (Å²) in [7, 11) is 0. The Labute approximate surface area is 189 Å². The number of ether oxygens (including phenoxy) is 1. The monoisotopic (exact) mass is 455 g/mol.